The van der Waals surface area contributed by atoms with E-state index < -0.39 is 36.7 Å². The molecule has 1 aromatic carbocycles. The predicted octanol–water partition coefficient (Wildman–Crippen LogP) is -0.0617. The van der Waals surface area contributed by atoms with Crippen LogP contribution in [0.1, 0.15) is 10.4 Å². The normalized spacial score (nSPS) is 29.6. The molecule has 5 atom stereocenters. The summed E-state index contributed by atoms with van der Waals surface area (Å²) in [5.41, 5.74) is 0.328. The predicted molar refractivity (Wildman–Crippen MR) is 72.2 cm³/mol. The van der Waals surface area contributed by atoms with Crippen molar-refractivity contribution in [1.29, 1.82) is 0 Å². The molecule has 0 spiro atoms. The molecule has 0 radical (unpaired) electrons. The Morgan fingerprint density at radius 1 is 1.33 bits per heavy atom. The topological polar surface area (TPSA) is 85.2 Å². The van der Waals surface area contributed by atoms with Crippen molar-refractivity contribution in [3.8, 4) is 12.3 Å². The number of terminal acetylenes is 1. The smallest absolute Gasteiger partial charge is 0.339 e. The number of aliphatic hydroxyl groups excluding tert-OH is 2. The molecule has 1 heterocycles. The van der Waals surface area contributed by atoms with Gasteiger partial charge in [-0.05, 0) is 12.1 Å². The van der Waals surface area contributed by atoms with Gasteiger partial charge < -0.3 is 24.4 Å². The zero-order valence-electron chi connectivity index (χ0n) is 11.4. The van der Waals surface area contributed by atoms with Crippen molar-refractivity contribution in [2.75, 3.05) is 7.11 Å². The fourth-order valence-corrected chi connectivity index (χ4v) is 2.07. The summed E-state index contributed by atoms with van der Waals surface area (Å²) in [7, 11) is 1.32. The first-order valence-corrected chi connectivity index (χ1v) is 6.35. The summed E-state index contributed by atoms with van der Waals surface area (Å²) in [6.45, 7) is 0. The molecule has 1 saturated heterocycles. The molecule has 2 rings (SSSR count). The van der Waals surface area contributed by atoms with Crippen LogP contribution in [0.2, 0.25) is 0 Å². The van der Waals surface area contributed by atoms with Crippen LogP contribution in [-0.2, 0) is 14.2 Å². The fraction of sp³-hybridized carbons (Fsp3) is 0.400. The Morgan fingerprint density at radius 3 is 2.52 bits per heavy atom. The summed E-state index contributed by atoms with van der Waals surface area (Å²) < 4.78 is 15.3. The summed E-state index contributed by atoms with van der Waals surface area (Å²) >= 11 is 0. The number of aliphatic hydroxyl groups is 2. The number of benzene rings is 1. The summed E-state index contributed by atoms with van der Waals surface area (Å²) in [4.78, 5) is 12.0. The van der Waals surface area contributed by atoms with Crippen LogP contribution in [0.15, 0.2) is 30.3 Å². The Morgan fingerprint density at radius 2 is 2.00 bits per heavy atom. The fourth-order valence-electron chi connectivity index (χ4n) is 2.07. The van der Waals surface area contributed by atoms with Crippen LogP contribution in [0.5, 0.6) is 0 Å². The first kappa shape index (κ1) is 15.5. The number of methoxy groups -OCH3 is 1. The minimum absolute atomic E-state index is 0.328. The second-order valence-electron chi connectivity index (χ2n) is 4.54. The highest BCUT2D eigenvalue weighted by Crippen LogP contribution is 2.25. The highest BCUT2D eigenvalue weighted by atomic mass is 16.7. The van der Waals surface area contributed by atoms with Gasteiger partial charge in [0.15, 0.2) is 12.4 Å². The van der Waals surface area contributed by atoms with Gasteiger partial charge in [-0.1, -0.05) is 24.1 Å². The van der Waals surface area contributed by atoms with Gasteiger partial charge in [0, 0.05) is 7.11 Å². The van der Waals surface area contributed by atoms with Crippen LogP contribution >= 0.6 is 0 Å². The lowest BCUT2D eigenvalue weighted by Crippen LogP contribution is -2.40. The number of hydrogen-bond donors (Lipinski definition) is 2. The molecule has 21 heavy (non-hydrogen) atoms. The Bertz CT molecular complexity index is 523. The van der Waals surface area contributed by atoms with Gasteiger partial charge in [0.05, 0.1) is 5.56 Å². The summed E-state index contributed by atoms with van der Waals surface area (Å²) in [6, 6.07) is 8.29. The van der Waals surface area contributed by atoms with E-state index in [1.807, 2.05) is 0 Å². The highest BCUT2D eigenvalue weighted by molar-refractivity contribution is 5.89. The third-order valence-corrected chi connectivity index (χ3v) is 3.20. The average Bonchev–Trinajstić information content (AvgIpc) is 2.81. The molecule has 2 N–H and O–H groups in total. The molecule has 1 aliphatic heterocycles. The largest absolute Gasteiger partial charge is 0.443 e. The quantitative estimate of drug-likeness (QED) is 0.597. The van der Waals surface area contributed by atoms with Crippen LogP contribution in [0.25, 0.3) is 0 Å². The lowest BCUT2D eigenvalue weighted by molar-refractivity contribution is -0.158. The van der Waals surface area contributed by atoms with Gasteiger partial charge in [0.2, 0.25) is 0 Å². The second-order valence-corrected chi connectivity index (χ2v) is 4.54. The first-order valence-electron chi connectivity index (χ1n) is 6.35. The van der Waals surface area contributed by atoms with E-state index in [1.165, 1.54) is 7.11 Å². The van der Waals surface area contributed by atoms with E-state index in [0.29, 0.717) is 5.56 Å². The maximum Gasteiger partial charge on any atom is 0.339 e. The van der Waals surface area contributed by atoms with Crippen LogP contribution < -0.4 is 0 Å². The molecule has 1 fully saturated rings. The molecule has 6 nitrogen and oxygen atoms in total. The van der Waals surface area contributed by atoms with E-state index in [-0.39, 0.29) is 0 Å². The van der Waals surface area contributed by atoms with Gasteiger partial charge >= 0.3 is 5.97 Å². The molecule has 1 aliphatic rings. The van der Waals surface area contributed by atoms with E-state index in [1.54, 1.807) is 30.3 Å². The molecule has 0 aliphatic carbocycles. The van der Waals surface area contributed by atoms with E-state index in [2.05, 4.69) is 5.92 Å². The first-order chi connectivity index (χ1) is 10.1. The second kappa shape index (κ2) is 6.70. The lowest BCUT2D eigenvalue weighted by atomic mass is 10.1. The molecule has 0 bridgehead atoms. The van der Waals surface area contributed by atoms with Crippen molar-refractivity contribution in [3.05, 3.63) is 35.9 Å². The van der Waals surface area contributed by atoms with Crippen LogP contribution in [0.4, 0.5) is 0 Å². The Balaban J connectivity index is 2.08. The zero-order chi connectivity index (χ0) is 15.4. The third kappa shape index (κ3) is 3.23. The van der Waals surface area contributed by atoms with Gasteiger partial charge in [-0.15, -0.1) is 6.42 Å². The highest BCUT2D eigenvalue weighted by Gasteiger charge is 2.47. The van der Waals surface area contributed by atoms with Crippen molar-refractivity contribution < 1.29 is 29.2 Å². The molecular formula is C15H16O6. The van der Waals surface area contributed by atoms with Crippen molar-refractivity contribution in [2.24, 2.45) is 0 Å². The van der Waals surface area contributed by atoms with Gasteiger partial charge in [-0.2, -0.15) is 0 Å². The molecule has 0 amide bonds. The number of carbonyl (C=O) groups excluding carboxylic acids is 1. The molecule has 0 unspecified atom stereocenters. The third-order valence-electron chi connectivity index (χ3n) is 3.20. The molecule has 0 saturated carbocycles. The van der Waals surface area contributed by atoms with Crippen molar-refractivity contribution in [3.63, 3.8) is 0 Å². The monoisotopic (exact) mass is 292 g/mol. The Labute approximate surface area is 122 Å². The van der Waals surface area contributed by atoms with E-state index in [9.17, 15) is 15.0 Å². The maximum atomic E-state index is 12.0. The number of esters is 1. The van der Waals surface area contributed by atoms with Gasteiger partial charge in [0.1, 0.15) is 18.3 Å². The van der Waals surface area contributed by atoms with E-state index in [4.69, 9.17) is 20.6 Å². The van der Waals surface area contributed by atoms with Gasteiger partial charge in [-0.3, -0.25) is 0 Å². The Hall–Kier alpha value is -1.91. The number of hydrogen-bond acceptors (Lipinski definition) is 6. The van der Waals surface area contributed by atoms with Crippen molar-refractivity contribution in [2.45, 2.75) is 30.7 Å². The lowest BCUT2D eigenvalue weighted by Gasteiger charge is -2.21. The Kier molecular flexibility index (Phi) is 4.94. The molecule has 0 aromatic heterocycles. The minimum Gasteiger partial charge on any atom is -0.443 e. The maximum absolute atomic E-state index is 12.0. The van der Waals surface area contributed by atoms with Crippen LogP contribution in [0, 0.1) is 12.3 Å². The van der Waals surface area contributed by atoms with Crippen LogP contribution in [0.3, 0.4) is 0 Å². The standard InChI is InChI=1S/C15H16O6/c1-3-10(13-11(16)12(17)15(19-2)21-13)20-14(18)9-7-5-4-6-8-9/h1,4-8,10-13,15-17H,2H3/t10-,11-,12-,13+,15-/m0/s1. The minimum atomic E-state index is -1.31. The summed E-state index contributed by atoms with van der Waals surface area (Å²) in [5.74, 6) is 1.61. The van der Waals surface area contributed by atoms with E-state index in [0.717, 1.165) is 0 Å². The number of ether oxygens (including phenoxy) is 3. The van der Waals surface area contributed by atoms with Gasteiger partial charge in [-0.25, -0.2) is 4.79 Å². The SMILES string of the molecule is C#C[C@H](OC(=O)c1ccccc1)[C@H]1O[C@H](OC)[C@@H](O)[C@@H]1O. The summed E-state index contributed by atoms with van der Waals surface area (Å²) in [5, 5.41) is 19.6. The molecule has 112 valence electrons. The number of rotatable bonds is 4. The molecule has 6 heteroatoms. The molecule has 1 aromatic rings. The zero-order valence-corrected chi connectivity index (χ0v) is 11.4. The summed E-state index contributed by atoms with van der Waals surface area (Å²) in [6.07, 6.45) is -0.438. The average molecular weight is 292 g/mol. The van der Waals surface area contributed by atoms with Crippen molar-refractivity contribution in [1.82, 2.24) is 0 Å². The number of carbonyl (C=O) groups is 1. The van der Waals surface area contributed by atoms with Gasteiger partial charge in [0.25, 0.3) is 0 Å². The molecular weight excluding hydrogens is 276 g/mol. The van der Waals surface area contributed by atoms with Crippen LogP contribution in [-0.4, -0.2) is 54.0 Å². The van der Waals surface area contributed by atoms with E-state index >= 15 is 0 Å². The van der Waals surface area contributed by atoms with Crippen molar-refractivity contribution >= 4 is 5.97 Å².